The number of nitrogens with one attached hydrogen (secondary N) is 2. The minimum atomic E-state index is -3.52. The van der Waals surface area contributed by atoms with Gasteiger partial charge < -0.3 is 19.9 Å². The average Bonchev–Trinajstić information content (AvgIpc) is 3.85. The van der Waals surface area contributed by atoms with Gasteiger partial charge in [-0.2, -0.15) is 4.98 Å². The van der Waals surface area contributed by atoms with E-state index >= 15 is 4.39 Å². The molecule has 0 bridgehead atoms. The van der Waals surface area contributed by atoms with Crippen LogP contribution in [0.4, 0.5) is 21.7 Å². The summed E-state index contributed by atoms with van der Waals surface area (Å²) in [6.07, 6.45) is 9.21. The second kappa shape index (κ2) is 16.0. The third-order valence-electron chi connectivity index (χ3n) is 14.4. The summed E-state index contributed by atoms with van der Waals surface area (Å²) in [7, 11) is -2.04. The molecule has 5 aromatic rings. The number of amides is 2. The number of nitrogens with zero attached hydrogens (tertiary/aromatic N) is 7. The van der Waals surface area contributed by atoms with E-state index < -0.39 is 38.5 Å². The number of aromatic nitrogens is 5. The first-order valence-electron chi connectivity index (χ1n) is 22.1. The van der Waals surface area contributed by atoms with Gasteiger partial charge in [-0.05, 0) is 112 Å². The number of imidazole rings is 1. The number of hydrogen-bond donors (Lipinski definition) is 2. The maximum absolute atomic E-state index is 15.9. The summed E-state index contributed by atoms with van der Waals surface area (Å²) in [5.74, 6) is -1.13. The summed E-state index contributed by atoms with van der Waals surface area (Å²) in [6.45, 7) is 5.93. The number of carbonyl (C=O) groups excluding carboxylic acids is 2. The molecule has 5 fully saturated rings. The second-order valence-corrected chi connectivity index (χ2v) is 20.5. The van der Waals surface area contributed by atoms with Crippen molar-refractivity contribution in [3.8, 4) is 0 Å². The van der Waals surface area contributed by atoms with Crippen LogP contribution in [0, 0.1) is 18.2 Å². The van der Waals surface area contributed by atoms with Gasteiger partial charge in [0.25, 0.3) is 5.56 Å². The van der Waals surface area contributed by atoms with Crippen LogP contribution in [0.5, 0.6) is 0 Å². The van der Waals surface area contributed by atoms with Crippen LogP contribution in [-0.2, 0) is 31.2 Å². The number of likely N-dealkylation sites (tertiary alicyclic amines) is 1. The molecule has 1 spiro atoms. The van der Waals surface area contributed by atoms with E-state index in [0.717, 1.165) is 69.1 Å². The molecule has 0 radical (unpaired) electrons. The van der Waals surface area contributed by atoms with Gasteiger partial charge in [0.1, 0.15) is 17.2 Å². The van der Waals surface area contributed by atoms with E-state index in [9.17, 15) is 27.6 Å². The van der Waals surface area contributed by atoms with Gasteiger partial charge in [0.05, 0.1) is 34.1 Å². The lowest BCUT2D eigenvalue weighted by Crippen LogP contribution is -2.54. The Morgan fingerprint density at radius 2 is 1.73 bits per heavy atom. The van der Waals surface area contributed by atoms with Crippen LogP contribution in [0.1, 0.15) is 81.9 Å². The second-order valence-electron chi connectivity index (χ2n) is 18.3. The smallest absolute Gasteiger partial charge is 0.329 e. The summed E-state index contributed by atoms with van der Waals surface area (Å²) in [6, 6.07) is 11.0. The molecular weight excluding hydrogens is 830 g/mol. The fourth-order valence-corrected chi connectivity index (χ4v) is 12.8. The maximum atomic E-state index is 15.9. The Morgan fingerprint density at radius 3 is 2.46 bits per heavy atom. The van der Waals surface area contributed by atoms with Crippen molar-refractivity contribution in [3.05, 3.63) is 80.9 Å². The number of ether oxygens (including phenoxy) is 1. The van der Waals surface area contributed by atoms with Crippen molar-refractivity contribution in [2.75, 3.05) is 49.5 Å². The quantitative estimate of drug-likeness (QED) is 0.176. The lowest BCUT2D eigenvalue weighted by atomic mass is 9.63. The van der Waals surface area contributed by atoms with Crippen LogP contribution in [0.2, 0.25) is 0 Å². The molecule has 2 saturated carbocycles. The Hall–Kier alpha value is -5.46. The first-order chi connectivity index (χ1) is 30.3. The summed E-state index contributed by atoms with van der Waals surface area (Å²) in [5, 5.41) is 5.92. The van der Waals surface area contributed by atoms with E-state index in [2.05, 4.69) is 20.5 Å². The van der Waals surface area contributed by atoms with Gasteiger partial charge in [-0.15, -0.1) is 0 Å². The van der Waals surface area contributed by atoms with Gasteiger partial charge in [0.15, 0.2) is 15.7 Å². The summed E-state index contributed by atoms with van der Waals surface area (Å²) in [5.41, 5.74) is 2.32. The number of rotatable bonds is 11. The number of pyridine rings is 1. The number of imide groups is 1. The highest BCUT2D eigenvalue weighted by atomic mass is 32.2. The molecule has 63 heavy (non-hydrogen) atoms. The third kappa shape index (κ3) is 7.42. The van der Waals surface area contributed by atoms with Crippen LogP contribution in [0.25, 0.3) is 22.1 Å². The van der Waals surface area contributed by atoms with E-state index in [0.29, 0.717) is 65.9 Å². The Morgan fingerprint density at radius 1 is 0.968 bits per heavy atom. The van der Waals surface area contributed by atoms with E-state index in [1.54, 1.807) is 53.2 Å². The molecule has 16 nitrogen and oxygen atoms in total. The topological polar surface area (TPSA) is 183 Å². The maximum Gasteiger partial charge on any atom is 0.329 e. The standard InChI is InChI=1S/C45H52FN9O7S/c1-27-21-31(8-9-33(27)48-43-47-24-28-7-14-38(57)54(41(28)50-43)29-5-3-4-6-29)63(60,61)32-22-45(23-32)15-17-52(18-16-45)19-20-62-30-25-53(26-30)34-10-11-35-40(39(34)46)51(2)44(59)55(35)36-12-13-37(56)49-42(36)58/h7-11,14,21,24,29-30,32,36H,3-6,12-13,15-20,22-23,25-26H2,1-2H3,(H,47,48,50)(H,49,56,58). The van der Waals surface area contributed by atoms with Crippen molar-refractivity contribution in [3.63, 3.8) is 0 Å². The molecule has 1 atom stereocenters. The van der Waals surface area contributed by atoms with Crippen molar-refractivity contribution in [2.45, 2.75) is 99.5 Å². The fourth-order valence-electron chi connectivity index (χ4n) is 10.6. The zero-order valence-corrected chi connectivity index (χ0v) is 36.3. The average molecular weight is 882 g/mol. The van der Waals surface area contributed by atoms with Gasteiger partial charge >= 0.3 is 5.69 Å². The molecule has 332 valence electrons. The zero-order valence-electron chi connectivity index (χ0n) is 35.5. The molecule has 3 saturated heterocycles. The predicted octanol–water partition coefficient (Wildman–Crippen LogP) is 4.65. The lowest BCUT2D eigenvalue weighted by molar-refractivity contribution is -0.135. The number of benzene rings is 2. The van der Waals surface area contributed by atoms with Gasteiger partial charge in [-0.25, -0.2) is 22.6 Å². The Kier molecular flexibility index (Phi) is 10.5. The van der Waals surface area contributed by atoms with Crippen molar-refractivity contribution in [1.29, 1.82) is 0 Å². The molecule has 2 aliphatic carbocycles. The number of piperidine rings is 2. The van der Waals surface area contributed by atoms with Gasteiger partial charge in [-0.3, -0.25) is 33.4 Å². The first-order valence-corrected chi connectivity index (χ1v) is 23.7. The number of hydrogen-bond acceptors (Lipinski definition) is 12. The number of anilines is 3. The molecule has 5 aliphatic rings. The van der Waals surface area contributed by atoms with Crippen LogP contribution in [-0.4, -0.2) is 99.5 Å². The van der Waals surface area contributed by atoms with Crippen molar-refractivity contribution in [2.24, 2.45) is 12.5 Å². The molecule has 2 aromatic carbocycles. The van der Waals surface area contributed by atoms with Crippen molar-refractivity contribution >= 4 is 61.0 Å². The van der Waals surface area contributed by atoms with E-state index in [1.165, 1.54) is 16.2 Å². The van der Waals surface area contributed by atoms with Crippen LogP contribution in [0.15, 0.2) is 63.1 Å². The lowest BCUT2D eigenvalue weighted by Gasteiger charge is -2.51. The number of halogens is 1. The largest absolute Gasteiger partial charge is 0.373 e. The number of fused-ring (bicyclic) bond motifs is 2. The molecule has 2 amide bonds. The molecule has 2 N–H and O–H groups in total. The fraction of sp³-hybridized carbons (Fsp3) is 0.511. The molecule has 3 aromatic heterocycles. The van der Waals surface area contributed by atoms with Gasteiger partial charge in [0.2, 0.25) is 17.8 Å². The van der Waals surface area contributed by atoms with Crippen LogP contribution >= 0.6 is 0 Å². The molecule has 3 aliphatic heterocycles. The first kappa shape index (κ1) is 41.5. The van der Waals surface area contributed by atoms with Crippen LogP contribution in [0.3, 0.4) is 0 Å². The number of sulfone groups is 1. The minimum Gasteiger partial charge on any atom is -0.373 e. The van der Waals surface area contributed by atoms with E-state index in [4.69, 9.17) is 9.72 Å². The number of aryl methyl sites for hydroxylation is 2. The van der Waals surface area contributed by atoms with Crippen molar-refractivity contribution in [1.82, 2.24) is 33.9 Å². The Bertz CT molecular complexity index is 2880. The zero-order chi connectivity index (χ0) is 43.8. The molecule has 10 rings (SSSR count). The molecule has 6 heterocycles. The summed E-state index contributed by atoms with van der Waals surface area (Å²) < 4.78 is 54.1. The third-order valence-corrected chi connectivity index (χ3v) is 16.6. The van der Waals surface area contributed by atoms with Gasteiger partial charge in [-0.1, -0.05) is 12.8 Å². The summed E-state index contributed by atoms with van der Waals surface area (Å²) >= 11 is 0. The van der Waals surface area contributed by atoms with E-state index in [1.807, 2.05) is 11.8 Å². The Labute approximate surface area is 363 Å². The molecular formula is C45H52FN9O7S. The normalized spacial score (nSPS) is 21.3. The Balaban J connectivity index is 0.691. The highest BCUT2D eigenvalue weighted by Crippen LogP contribution is 2.53. The highest BCUT2D eigenvalue weighted by Gasteiger charge is 2.51. The molecule has 1 unspecified atom stereocenters. The van der Waals surface area contributed by atoms with Crippen LogP contribution < -0.4 is 26.8 Å². The minimum absolute atomic E-state index is 0.0321. The SMILES string of the molecule is Cc1cc(S(=O)(=O)C2CC3(CCN(CCOC4CN(c5ccc6c(c5F)n(C)c(=O)n6C5CCC(=O)NC5=O)C4)CC3)C2)ccc1Nc1ncc2ccc(=O)n(C3CCCC3)c2n1. The highest BCUT2D eigenvalue weighted by molar-refractivity contribution is 7.92. The van der Waals surface area contributed by atoms with Crippen molar-refractivity contribution < 1.29 is 27.1 Å². The van der Waals surface area contributed by atoms with E-state index in [-0.39, 0.29) is 47.4 Å². The predicted molar refractivity (Wildman–Crippen MR) is 235 cm³/mol. The van der Waals surface area contributed by atoms with Gasteiger partial charge in [0, 0.05) is 62.5 Å². The molecule has 18 heteroatoms. The summed E-state index contributed by atoms with van der Waals surface area (Å²) in [4.78, 5) is 64.0. The number of carbonyl (C=O) groups is 2. The monoisotopic (exact) mass is 881 g/mol.